The third-order valence-corrected chi connectivity index (χ3v) is 17.8. The fourth-order valence-electron chi connectivity index (χ4n) is 4.75. The van der Waals surface area contributed by atoms with Crippen molar-refractivity contribution in [3.05, 3.63) is 139 Å². The Kier molecular flexibility index (Phi) is 7.32. The minimum absolute atomic E-state index is 0.166. The summed E-state index contributed by atoms with van der Waals surface area (Å²) in [5.74, 6) is -1.60. The van der Waals surface area contributed by atoms with E-state index >= 15 is 0 Å². The first-order valence-electron chi connectivity index (χ1n) is 12.1. The fraction of sp³-hybridized carbons (Fsp3) is 0.0645. The molecule has 4 aromatic carbocycles. The van der Waals surface area contributed by atoms with Crippen molar-refractivity contribution in [3.8, 4) is 0 Å². The van der Waals surface area contributed by atoms with Crippen molar-refractivity contribution < 1.29 is 17.5 Å². The molecule has 1 unspecified atom stereocenters. The molecule has 0 spiro atoms. The number of hydrogen-bond donors (Lipinski definition) is 0. The normalized spacial score (nSPS) is 14.0. The summed E-state index contributed by atoms with van der Waals surface area (Å²) in [7, 11) is 0. The molecule has 6 heteroatoms. The summed E-state index contributed by atoms with van der Waals surface area (Å²) in [6, 6.07) is 37.8. The number of imide groups is 1. The topological polar surface area (TPSA) is 63.7 Å². The molecule has 0 saturated heterocycles. The molecule has 0 aromatic heterocycles. The van der Waals surface area contributed by atoms with Gasteiger partial charge in [0.2, 0.25) is 0 Å². The third kappa shape index (κ3) is 5.00. The molecular weight excluding hydrogens is 569 g/mol. The summed E-state index contributed by atoms with van der Waals surface area (Å²) in [4.78, 5) is 40.7. The maximum absolute atomic E-state index is 14.2. The van der Waals surface area contributed by atoms with E-state index in [1.165, 1.54) is 12.2 Å². The zero-order valence-corrected chi connectivity index (χ0v) is 22.9. The van der Waals surface area contributed by atoms with Crippen molar-refractivity contribution >= 4 is 47.3 Å². The average Bonchev–Trinajstić information content (AvgIpc) is 3.29. The van der Waals surface area contributed by atoms with Crippen molar-refractivity contribution in [2.24, 2.45) is 0 Å². The van der Waals surface area contributed by atoms with E-state index in [-0.39, 0.29) is 6.42 Å². The van der Waals surface area contributed by atoms with Gasteiger partial charge in [-0.15, -0.1) is 0 Å². The summed E-state index contributed by atoms with van der Waals surface area (Å²) in [5, 5.41) is 0. The van der Waals surface area contributed by atoms with E-state index in [0.29, 0.717) is 0 Å². The number of benzene rings is 4. The van der Waals surface area contributed by atoms with Gasteiger partial charge < -0.3 is 0 Å². The van der Waals surface area contributed by atoms with Crippen LogP contribution in [-0.2, 0) is 23.9 Å². The molecule has 0 N–H and O–H groups in total. The van der Waals surface area contributed by atoms with Crippen LogP contribution in [0.25, 0.3) is 0 Å². The van der Waals surface area contributed by atoms with Crippen LogP contribution < -0.4 is 10.7 Å². The molecule has 4 aromatic rings. The van der Waals surface area contributed by atoms with E-state index in [0.717, 1.165) is 21.2 Å². The average molecular weight is 594 g/mol. The van der Waals surface area contributed by atoms with Gasteiger partial charge in [-0.05, 0) is 0 Å². The van der Waals surface area contributed by atoms with Crippen molar-refractivity contribution in [3.63, 3.8) is 0 Å². The number of carbonyl (C=O) groups is 3. The second-order valence-corrected chi connectivity index (χ2v) is 18.2. The van der Waals surface area contributed by atoms with Crippen LogP contribution in [0.5, 0.6) is 0 Å². The Morgan fingerprint density at radius 1 is 0.622 bits per heavy atom. The second kappa shape index (κ2) is 11.0. The molecule has 1 aliphatic rings. The van der Waals surface area contributed by atoms with Crippen LogP contribution in [0.15, 0.2) is 133 Å². The Morgan fingerprint density at radius 2 is 1.00 bits per heavy atom. The number of rotatable bonds is 8. The first kappa shape index (κ1) is 24.7. The first-order chi connectivity index (χ1) is 18.1. The van der Waals surface area contributed by atoms with E-state index in [1.807, 2.05) is 121 Å². The van der Waals surface area contributed by atoms with Crippen LogP contribution >= 0.6 is 0 Å². The predicted octanol–water partition coefficient (Wildman–Crippen LogP) is 2.73. The molecule has 0 saturated carbocycles. The molecule has 1 atom stereocenters. The van der Waals surface area contributed by atoms with Crippen LogP contribution in [0, 0.1) is 0 Å². The summed E-state index contributed by atoms with van der Waals surface area (Å²) in [6.07, 6.45) is 2.57. The minimum atomic E-state index is -4.44. The Balaban J connectivity index is 1.65. The SMILES string of the molecule is O=C([O][Sn]([c]1ccccc1)([c]1ccccc1)[c]1ccccc1)C(Cc1ccccc1)N1C(=O)C=CC1=O. The number of nitrogens with zero attached hydrogens (tertiary/aromatic N) is 1. The van der Waals surface area contributed by atoms with Gasteiger partial charge in [-0.2, -0.15) is 0 Å². The predicted molar refractivity (Wildman–Crippen MR) is 145 cm³/mol. The zero-order chi connectivity index (χ0) is 25.7. The monoisotopic (exact) mass is 595 g/mol. The van der Waals surface area contributed by atoms with E-state index in [4.69, 9.17) is 3.07 Å². The van der Waals surface area contributed by atoms with Crippen molar-refractivity contribution in [1.82, 2.24) is 4.90 Å². The van der Waals surface area contributed by atoms with E-state index < -0.39 is 42.6 Å². The molecule has 1 aliphatic heterocycles. The quantitative estimate of drug-likeness (QED) is 0.233. The van der Waals surface area contributed by atoms with Gasteiger partial charge in [0.05, 0.1) is 0 Å². The standard InChI is InChI=1S/C13H11NO4.3C6H5.Sn/c15-11-6-7-12(16)14(11)10(13(17)18)8-9-4-2-1-3-5-9;3*1-2-4-6-5-3-1;/h1-7,10H,8H2,(H,17,18);3*1-5H;/q;;;;+1/p-1. The van der Waals surface area contributed by atoms with Crippen LogP contribution in [0.1, 0.15) is 5.56 Å². The van der Waals surface area contributed by atoms with Gasteiger partial charge in [0.15, 0.2) is 0 Å². The zero-order valence-electron chi connectivity index (χ0n) is 20.1. The molecule has 5 rings (SSSR count). The van der Waals surface area contributed by atoms with Gasteiger partial charge in [0.25, 0.3) is 0 Å². The molecule has 0 radical (unpaired) electrons. The van der Waals surface area contributed by atoms with Crippen molar-refractivity contribution in [2.45, 2.75) is 12.5 Å². The van der Waals surface area contributed by atoms with Gasteiger partial charge in [0.1, 0.15) is 0 Å². The van der Waals surface area contributed by atoms with Crippen LogP contribution in [0.3, 0.4) is 0 Å². The molecule has 0 aliphatic carbocycles. The maximum atomic E-state index is 14.2. The third-order valence-electron chi connectivity index (χ3n) is 6.49. The Morgan fingerprint density at radius 3 is 1.41 bits per heavy atom. The first-order valence-corrected chi connectivity index (χ1v) is 17.5. The van der Waals surface area contributed by atoms with Gasteiger partial charge >= 0.3 is 221 Å². The van der Waals surface area contributed by atoms with Crippen LogP contribution in [0.2, 0.25) is 0 Å². The summed E-state index contributed by atoms with van der Waals surface area (Å²) in [6.45, 7) is 0. The Labute approximate surface area is 220 Å². The van der Waals surface area contributed by atoms with Crippen molar-refractivity contribution in [2.75, 3.05) is 0 Å². The van der Waals surface area contributed by atoms with Gasteiger partial charge in [-0.25, -0.2) is 0 Å². The van der Waals surface area contributed by atoms with Gasteiger partial charge in [-0.1, -0.05) is 0 Å². The summed E-state index contributed by atoms with van der Waals surface area (Å²) in [5.41, 5.74) is 0.830. The molecule has 5 nitrogen and oxygen atoms in total. The van der Waals surface area contributed by atoms with Crippen LogP contribution in [-0.4, -0.2) is 47.5 Å². The Bertz CT molecular complexity index is 1310. The molecular formula is C31H25NO4Sn. The van der Waals surface area contributed by atoms with Crippen molar-refractivity contribution in [1.29, 1.82) is 0 Å². The molecule has 37 heavy (non-hydrogen) atoms. The molecule has 182 valence electrons. The summed E-state index contributed by atoms with van der Waals surface area (Å²) >= 11 is -4.44. The van der Waals surface area contributed by atoms with E-state index in [2.05, 4.69) is 0 Å². The summed E-state index contributed by atoms with van der Waals surface area (Å²) < 4.78 is 9.61. The molecule has 2 amide bonds. The number of hydrogen-bond acceptors (Lipinski definition) is 4. The number of carbonyl (C=O) groups excluding carboxylic acids is 3. The van der Waals surface area contributed by atoms with E-state index in [9.17, 15) is 14.4 Å². The second-order valence-electron chi connectivity index (χ2n) is 8.79. The molecule has 0 bridgehead atoms. The van der Waals surface area contributed by atoms with E-state index in [1.54, 1.807) is 0 Å². The van der Waals surface area contributed by atoms with Gasteiger partial charge in [-0.3, -0.25) is 0 Å². The Hall–Kier alpha value is -3.97. The molecule has 0 fully saturated rings. The molecule has 1 heterocycles. The van der Waals surface area contributed by atoms with Crippen LogP contribution in [0.4, 0.5) is 0 Å². The fourth-order valence-corrected chi connectivity index (χ4v) is 15.5. The van der Waals surface area contributed by atoms with Gasteiger partial charge in [0, 0.05) is 0 Å². The number of amides is 2.